The molecule has 0 spiro atoms. The van der Waals surface area contributed by atoms with Gasteiger partial charge in [0.2, 0.25) is 0 Å². The van der Waals surface area contributed by atoms with Crippen LogP contribution in [0, 0.1) is 0 Å². The number of carbonyl (C=O) groups is 4. The van der Waals surface area contributed by atoms with Crippen molar-refractivity contribution in [3.05, 3.63) is 0 Å². The average molecular weight is 378 g/mol. The molecule has 0 amide bonds. The molecule has 0 saturated carbocycles. The fourth-order valence-electron chi connectivity index (χ4n) is 2.38. The molecule has 0 aromatic rings. The molecule has 10 heteroatoms. The molecule has 0 aromatic carbocycles. The largest absolute Gasteiger partial charge is 0.463 e. The van der Waals surface area contributed by atoms with E-state index in [0.717, 1.165) is 11.8 Å². The van der Waals surface area contributed by atoms with Gasteiger partial charge in [-0.3, -0.25) is 19.2 Å². The van der Waals surface area contributed by atoms with Crippen LogP contribution in [-0.4, -0.2) is 66.6 Å². The Labute approximate surface area is 149 Å². The smallest absolute Gasteiger partial charge is 0.303 e. The molecule has 1 saturated heterocycles. The summed E-state index contributed by atoms with van der Waals surface area (Å²) in [5, 5.41) is -1.06. The second-order valence-corrected chi connectivity index (χ2v) is 6.66. The van der Waals surface area contributed by atoms with E-state index in [0.29, 0.717) is 0 Å². The van der Waals surface area contributed by atoms with Crippen LogP contribution in [0.25, 0.3) is 0 Å². The molecule has 25 heavy (non-hydrogen) atoms. The fraction of sp³-hybridized carbons (Fsp3) is 0.733. The fourth-order valence-corrected chi connectivity index (χ4v) is 3.44. The molecule has 142 valence electrons. The Balaban J connectivity index is 3.18. The highest BCUT2D eigenvalue weighted by Gasteiger charge is 2.51. The highest BCUT2D eigenvalue weighted by atomic mass is 32.2. The van der Waals surface area contributed by atoms with Crippen molar-refractivity contribution < 1.29 is 42.9 Å². The molecular weight excluding hydrogens is 356 g/mol. The van der Waals surface area contributed by atoms with Gasteiger partial charge >= 0.3 is 17.9 Å². The van der Waals surface area contributed by atoms with Crippen LogP contribution in [0.2, 0.25) is 0 Å². The third kappa shape index (κ3) is 6.63. The van der Waals surface area contributed by atoms with Crippen molar-refractivity contribution in [2.24, 2.45) is 0 Å². The van der Waals surface area contributed by atoms with Crippen LogP contribution >= 0.6 is 11.8 Å². The molecule has 0 unspecified atom stereocenters. The maximum Gasteiger partial charge on any atom is 0.303 e. The molecule has 0 N–H and O–H groups in total. The van der Waals surface area contributed by atoms with E-state index >= 15 is 0 Å². The molecule has 9 nitrogen and oxygen atoms in total. The van der Waals surface area contributed by atoms with Crippen molar-refractivity contribution in [3.63, 3.8) is 0 Å². The highest BCUT2D eigenvalue weighted by Crippen LogP contribution is 2.35. The molecule has 1 aliphatic rings. The second kappa shape index (κ2) is 9.73. The summed E-state index contributed by atoms with van der Waals surface area (Å²) in [5.74, 6) is -1.77. The lowest BCUT2D eigenvalue weighted by atomic mass is 10.0. The monoisotopic (exact) mass is 378 g/mol. The van der Waals surface area contributed by atoms with Crippen LogP contribution < -0.4 is 0 Å². The summed E-state index contributed by atoms with van der Waals surface area (Å²) in [6.07, 6.45) is -3.88. The molecular formula is C15H22O9S. The quantitative estimate of drug-likeness (QED) is 0.476. The summed E-state index contributed by atoms with van der Waals surface area (Å²) in [7, 11) is 1.34. The molecule has 1 fully saturated rings. The van der Waals surface area contributed by atoms with Gasteiger partial charge in [-0.1, -0.05) is 11.8 Å². The number of thioether (sulfide) groups is 1. The Morgan fingerprint density at radius 3 is 1.92 bits per heavy atom. The van der Waals surface area contributed by atoms with E-state index in [1.807, 2.05) is 0 Å². The molecule has 0 bridgehead atoms. The number of hydrogen-bond donors (Lipinski definition) is 0. The minimum atomic E-state index is -1.02. The standard InChI is InChI=1S/C15H22O9S/c1-7(16)21-6-11-12(22-8(2)17)14(25-10(4)19)13(23-9(3)18)15(20-5)24-11/h11-15H,6H2,1-5H3/t11-,12+,13-,14-,15-/m1/s1. The third-order valence-corrected chi connectivity index (χ3v) is 4.32. The Morgan fingerprint density at radius 1 is 0.920 bits per heavy atom. The zero-order chi connectivity index (χ0) is 19.1. The van der Waals surface area contributed by atoms with Gasteiger partial charge in [0.05, 0.1) is 5.25 Å². The van der Waals surface area contributed by atoms with Crippen molar-refractivity contribution >= 4 is 34.8 Å². The van der Waals surface area contributed by atoms with Crippen molar-refractivity contribution in [1.82, 2.24) is 0 Å². The van der Waals surface area contributed by atoms with Crippen molar-refractivity contribution in [1.29, 1.82) is 0 Å². The van der Waals surface area contributed by atoms with Gasteiger partial charge in [0.25, 0.3) is 0 Å². The molecule has 0 aliphatic carbocycles. The zero-order valence-corrected chi connectivity index (χ0v) is 15.5. The van der Waals surface area contributed by atoms with Gasteiger partial charge in [-0.15, -0.1) is 0 Å². The van der Waals surface area contributed by atoms with Crippen LogP contribution in [0.5, 0.6) is 0 Å². The number of hydrogen-bond acceptors (Lipinski definition) is 10. The first-order valence-electron chi connectivity index (χ1n) is 7.49. The summed E-state index contributed by atoms with van der Waals surface area (Å²) >= 11 is 0.839. The average Bonchev–Trinajstić information content (AvgIpc) is 2.48. The van der Waals surface area contributed by atoms with Crippen molar-refractivity contribution in [3.8, 4) is 0 Å². The van der Waals surface area contributed by atoms with Gasteiger partial charge in [-0.25, -0.2) is 0 Å². The lowest BCUT2D eigenvalue weighted by molar-refractivity contribution is -0.267. The van der Waals surface area contributed by atoms with Gasteiger partial charge in [-0.05, 0) is 0 Å². The van der Waals surface area contributed by atoms with Crippen molar-refractivity contribution in [2.45, 2.75) is 57.5 Å². The predicted octanol–water partition coefficient (Wildman–Crippen LogP) is 0.433. The third-order valence-electron chi connectivity index (χ3n) is 3.18. The van der Waals surface area contributed by atoms with Gasteiger partial charge in [0, 0.05) is 34.8 Å². The van der Waals surface area contributed by atoms with Crippen LogP contribution in [0.4, 0.5) is 0 Å². The van der Waals surface area contributed by atoms with E-state index in [9.17, 15) is 19.2 Å². The van der Waals surface area contributed by atoms with E-state index in [2.05, 4.69) is 0 Å². The van der Waals surface area contributed by atoms with E-state index in [1.165, 1.54) is 34.8 Å². The molecule has 1 aliphatic heterocycles. The maximum absolute atomic E-state index is 11.7. The molecule has 0 radical (unpaired) electrons. The van der Waals surface area contributed by atoms with Gasteiger partial charge in [-0.2, -0.15) is 0 Å². The van der Waals surface area contributed by atoms with E-state index < -0.39 is 47.8 Å². The number of carbonyl (C=O) groups excluding carboxylic acids is 4. The summed E-state index contributed by atoms with van der Waals surface area (Å²) in [5.41, 5.74) is 0. The lowest BCUT2D eigenvalue weighted by Gasteiger charge is -2.43. The summed E-state index contributed by atoms with van der Waals surface area (Å²) in [4.78, 5) is 45.7. The first kappa shape index (κ1) is 21.4. The molecule has 5 atom stereocenters. The summed E-state index contributed by atoms with van der Waals surface area (Å²) in [6, 6.07) is 0. The first-order chi connectivity index (χ1) is 11.6. The molecule has 1 heterocycles. The number of rotatable bonds is 6. The minimum Gasteiger partial charge on any atom is -0.463 e. The summed E-state index contributed by atoms with van der Waals surface area (Å²) in [6.45, 7) is 4.74. The number of methoxy groups -OCH3 is 1. The van der Waals surface area contributed by atoms with Gasteiger partial charge in [0.15, 0.2) is 17.5 Å². The van der Waals surface area contributed by atoms with E-state index in [4.69, 9.17) is 23.7 Å². The Hall–Kier alpha value is -1.65. The van der Waals surface area contributed by atoms with Crippen LogP contribution in [-0.2, 0) is 42.9 Å². The Kier molecular flexibility index (Phi) is 8.33. The van der Waals surface area contributed by atoms with Crippen LogP contribution in [0.1, 0.15) is 27.7 Å². The van der Waals surface area contributed by atoms with E-state index in [1.54, 1.807) is 0 Å². The first-order valence-corrected chi connectivity index (χ1v) is 8.37. The summed E-state index contributed by atoms with van der Waals surface area (Å²) < 4.78 is 26.3. The topological polar surface area (TPSA) is 114 Å². The normalized spacial score (nSPS) is 28.8. The van der Waals surface area contributed by atoms with E-state index in [-0.39, 0.29) is 11.7 Å². The SMILES string of the molecule is CO[C@@H]1O[C@H](COC(C)=O)[C@H](OC(C)=O)[C@@H](SC(C)=O)[C@H]1OC(C)=O. The molecule has 1 rings (SSSR count). The van der Waals surface area contributed by atoms with Crippen LogP contribution in [0.15, 0.2) is 0 Å². The van der Waals surface area contributed by atoms with Gasteiger partial charge < -0.3 is 23.7 Å². The van der Waals surface area contributed by atoms with Gasteiger partial charge in [0.1, 0.15) is 18.8 Å². The zero-order valence-electron chi connectivity index (χ0n) is 14.7. The molecule has 0 aromatic heterocycles. The number of esters is 3. The Morgan fingerprint density at radius 2 is 1.48 bits per heavy atom. The Bertz CT molecular complexity index is 521. The van der Waals surface area contributed by atoms with Crippen molar-refractivity contribution in [2.75, 3.05) is 13.7 Å². The lowest BCUT2D eigenvalue weighted by Crippen LogP contribution is -2.60. The highest BCUT2D eigenvalue weighted by molar-refractivity contribution is 8.14. The van der Waals surface area contributed by atoms with Crippen LogP contribution in [0.3, 0.4) is 0 Å². The second-order valence-electron chi connectivity index (χ2n) is 5.30. The predicted molar refractivity (Wildman–Crippen MR) is 85.5 cm³/mol. The number of ether oxygens (including phenoxy) is 5. The maximum atomic E-state index is 11.7. The minimum absolute atomic E-state index is 0.213.